The highest BCUT2D eigenvalue weighted by Gasteiger charge is 2.04. The van der Waals surface area contributed by atoms with Gasteiger partial charge < -0.3 is 15.0 Å². The lowest BCUT2D eigenvalue weighted by molar-refractivity contribution is -0.122. The summed E-state index contributed by atoms with van der Waals surface area (Å²) in [6.45, 7) is -0.0466. The molecule has 2 aromatic carbocycles. The van der Waals surface area contributed by atoms with Gasteiger partial charge in [-0.15, -0.1) is 0 Å². The van der Waals surface area contributed by atoms with Crippen LogP contribution >= 0.6 is 0 Å². The third-order valence-corrected chi connectivity index (χ3v) is 3.19. The quantitative estimate of drug-likeness (QED) is 0.858. The van der Waals surface area contributed by atoms with E-state index in [9.17, 15) is 9.18 Å². The molecule has 4 nitrogen and oxygen atoms in total. The molecule has 1 N–H and O–H groups in total. The van der Waals surface area contributed by atoms with Gasteiger partial charge in [-0.3, -0.25) is 4.79 Å². The van der Waals surface area contributed by atoms with Gasteiger partial charge in [-0.05, 0) is 36.4 Å². The highest BCUT2D eigenvalue weighted by molar-refractivity contribution is 5.77. The minimum absolute atomic E-state index is 0.0553. The number of anilines is 1. The van der Waals surface area contributed by atoms with Gasteiger partial charge in [-0.1, -0.05) is 24.0 Å². The fourth-order valence-corrected chi connectivity index (χ4v) is 1.89. The van der Waals surface area contributed by atoms with Crippen LogP contribution in [0.3, 0.4) is 0 Å². The first kappa shape index (κ1) is 17.4. The summed E-state index contributed by atoms with van der Waals surface area (Å²) in [5.41, 5.74) is 1.97. The molecule has 124 valence electrons. The van der Waals surface area contributed by atoms with Crippen LogP contribution in [-0.2, 0) is 4.79 Å². The van der Waals surface area contributed by atoms with Gasteiger partial charge in [0.1, 0.15) is 0 Å². The van der Waals surface area contributed by atoms with Crippen molar-refractivity contribution in [2.75, 3.05) is 32.1 Å². The number of ether oxygens (including phenoxy) is 1. The minimum Gasteiger partial charge on any atom is -0.481 e. The number of hydrogen-bond donors (Lipinski definition) is 1. The van der Waals surface area contributed by atoms with Gasteiger partial charge in [0.05, 0.1) is 6.54 Å². The van der Waals surface area contributed by atoms with E-state index in [0.29, 0.717) is 0 Å². The summed E-state index contributed by atoms with van der Waals surface area (Å²) in [7, 11) is 3.94. The molecule has 0 aliphatic rings. The molecule has 0 radical (unpaired) electrons. The number of halogens is 1. The highest BCUT2D eigenvalue weighted by Crippen LogP contribution is 2.14. The molecule has 0 saturated heterocycles. The van der Waals surface area contributed by atoms with Gasteiger partial charge in [-0.2, -0.15) is 0 Å². The zero-order valence-electron chi connectivity index (χ0n) is 13.7. The van der Waals surface area contributed by atoms with Crippen molar-refractivity contribution < 1.29 is 13.9 Å². The molecule has 2 aromatic rings. The molecule has 2 rings (SSSR count). The first-order valence-electron chi connectivity index (χ1n) is 7.46. The largest absolute Gasteiger partial charge is 0.481 e. The second kappa shape index (κ2) is 8.59. The molecule has 0 aliphatic heterocycles. The van der Waals surface area contributed by atoms with Crippen molar-refractivity contribution in [3.8, 4) is 17.6 Å². The van der Waals surface area contributed by atoms with Crippen molar-refractivity contribution in [1.82, 2.24) is 5.32 Å². The van der Waals surface area contributed by atoms with Crippen LogP contribution in [0.1, 0.15) is 5.56 Å². The monoisotopic (exact) mass is 326 g/mol. The van der Waals surface area contributed by atoms with E-state index in [4.69, 9.17) is 4.74 Å². The van der Waals surface area contributed by atoms with Gasteiger partial charge in [0.15, 0.2) is 18.2 Å². The summed E-state index contributed by atoms with van der Waals surface area (Å²) in [5, 5.41) is 2.60. The van der Waals surface area contributed by atoms with E-state index in [-0.39, 0.29) is 24.8 Å². The van der Waals surface area contributed by atoms with E-state index in [2.05, 4.69) is 17.2 Å². The topological polar surface area (TPSA) is 41.6 Å². The smallest absolute Gasteiger partial charge is 0.258 e. The maximum absolute atomic E-state index is 13.3. The van der Waals surface area contributed by atoms with Crippen molar-refractivity contribution in [2.24, 2.45) is 0 Å². The van der Waals surface area contributed by atoms with E-state index in [0.717, 1.165) is 11.3 Å². The summed E-state index contributed by atoms with van der Waals surface area (Å²) in [6, 6.07) is 13.7. The van der Waals surface area contributed by atoms with Gasteiger partial charge in [0.25, 0.3) is 5.91 Å². The van der Waals surface area contributed by atoms with Crippen molar-refractivity contribution in [3.05, 3.63) is 59.9 Å². The molecule has 0 unspecified atom stereocenters. The number of amides is 1. The average Bonchev–Trinajstić information content (AvgIpc) is 2.58. The van der Waals surface area contributed by atoms with Crippen LogP contribution in [-0.4, -0.2) is 33.2 Å². The Morgan fingerprint density at radius 1 is 1.17 bits per heavy atom. The molecule has 0 aliphatic carbocycles. The molecular formula is C19H19FN2O2. The van der Waals surface area contributed by atoms with Crippen LogP contribution in [0.15, 0.2) is 48.5 Å². The van der Waals surface area contributed by atoms with E-state index < -0.39 is 5.82 Å². The van der Waals surface area contributed by atoms with E-state index in [1.807, 2.05) is 43.3 Å². The molecular weight excluding hydrogens is 307 g/mol. The van der Waals surface area contributed by atoms with Crippen molar-refractivity contribution in [2.45, 2.75) is 0 Å². The Hall–Kier alpha value is -3.00. The average molecular weight is 326 g/mol. The maximum Gasteiger partial charge on any atom is 0.258 e. The van der Waals surface area contributed by atoms with Crippen molar-refractivity contribution in [1.29, 1.82) is 0 Å². The van der Waals surface area contributed by atoms with Crippen LogP contribution in [0, 0.1) is 17.7 Å². The number of benzene rings is 2. The molecule has 24 heavy (non-hydrogen) atoms. The number of nitrogens with one attached hydrogen (secondary N) is 1. The lowest BCUT2D eigenvalue weighted by atomic mass is 10.2. The molecule has 1 amide bonds. The lowest BCUT2D eigenvalue weighted by Crippen LogP contribution is -2.29. The Bertz CT molecular complexity index is 746. The highest BCUT2D eigenvalue weighted by atomic mass is 19.1. The number of carbonyl (C=O) groups is 1. The maximum atomic E-state index is 13.3. The zero-order valence-corrected chi connectivity index (χ0v) is 13.7. The number of hydrogen-bond acceptors (Lipinski definition) is 3. The Morgan fingerprint density at radius 2 is 1.88 bits per heavy atom. The van der Waals surface area contributed by atoms with Crippen molar-refractivity contribution >= 4 is 11.6 Å². The first-order chi connectivity index (χ1) is 11.6. The molecule has 0 aromatic heterocycles. The SMILES string of the molecule is CN(C)c1ccc(C#CCNC(=O)COc2ccccc2F)cc1. The fraction of sp³-hybridized carbons (Fsp3) is 0.211. The van der Waals surface area contributed by atoms with Gasteiger partial charge in [0, 0.05) is 25.3 Å². The number of carbonyl (C=O) groups excluding carboxylic acids is 1. The predicted octanol–water partition coefficient (Wildman–Crippen LogP) is 2.44. The fourth-order valence-electron chi connectivity index (χ4n) is 1.89. The minimum atomic E-state index is -0.494. The third-order valence-electron chi connectivity index (χ3n) is 3.19. The molecule has 0 heterocycles. The molecule has 0 fully saturated rings. The van der Waals surface area contributed by atoms with Gasteiger partial charge in [0.2, 0.25) is 0 Å². The second-order valence-electron chi connectivity index (χ2n) is 5.24. The van der Waals surface area contributed by atoms with Crippen LogP contribution in [0.4, 0.5) is 10.1 Å². The second-order valence-corrected chi connectivity index (χ2v) is 5.24. The Morgan fingerprint density at radius 3 is 2.54 bits per heavy atom. The zero-order chi connectivity index (χ0) is 17.4. The van der Waals surface area contributed by atoms with E-state index in [1.165, 1.54) is 12.1 Å². The molecule has 0 saturated carbocycles. The summed E-state index contributed by atoms with van der Waals surface area (Å²) in [6.07, 6.45) is 0. The van der Waals surface area contributed by atoms with Gasteiger partial charge >= 0.3 is 0 Å². The molecule has 0 spiro atoms. The number of para-hydroxylation sites is 1. The summed E-state index contributed by atoms with van der Waals surface area (Å²) >= 11 is 0. The third kappa shape index (κ3) is 5.33. The van der Waals surface area contributed by atoms with Crippen LogP contribution in [0.2, 0.25) is 0 Å². The summed E-state index contributed by atoms with van der Waals surface area (Å²) in [5.74, 6) is 5.04. The van der Waals surface area contributed by atoms with Gasteiger partial charge in [-0.25, -0.2) is 4.39 Å². The van der Waals surface area contributed by atoms with Crippen molar-refractivity contribution in [3.63, 3.8) is 0 Å². The lowest BCUT2D eigenvalue weighted by Gasteiger charge is -2.11. The molecule has 0 bridgehead atoms. The Balaban J connectivity index is 1.76. The van der Waals surface area contributed by atoms with E-state index in [1.54, 1.807) is 12.1 Å². The van der Waals surface area contributed by atoms with Crippen LogP contribution < -0.4 is 15.0 Å². The summed E-state index contributed by atoms with van der Waals surface area (Å²) in [4.78, 5) is 13.6. The first-order valence-corrected chi connectivity index (χ1v) is 7.46. The molecule has 5 heteroatoms. The normalized spacial score (nSPS) is 9.62. The Kier molecular flexibility index (Phi) is 6.21. The predicted molar refractivity (Wildman–Crippen MR) is 92.6 cm³/mol. The summed E-state index contributed by atoms with van der Waals surface area (Å²) < 4.78 is 18.4. The van der Waals surface area contributed by atoms with Crippen LogP contribution in [0.5, 0.6) is 5.75 Å². The Labute approximate surface area is 141 Å². The number of rotatable bonds is 5. The standard InChI is InChI=1S/C19H19FN2O2/c1-22(2)16-11-9-15(10-12-16)6-5-13-21-19(23)14-24-18-8-4-3-7-17(18)20/h3-4,7-12H,13-14H2,1-2H3,(H,21,23). The molecule has 0 atom stereocenters. The van der Waals surface area contributed by atoms with E-state index >= 15 is 0 Å². The number of nitrogens with zero attached hydrogens (tertiary/aromatic N) is 1. The van der Waals surface area contributed by atoms with Crippen LogP contribution in [0.25, 0.3) is 0 Å².